The van der Waals surface area contributed by atoms with E-state index in [0.717, 1.165) is 31.5 Å². The molecule has 2 rings (SSSR count). The second-order valence-corrected chi connectivity index (χ2v) is 5.96. The summed E-state index contributed by atoms with van der Waals surface area (Å²) in [5.74, 6) is 0.292. The van der Waals surface area contributed by atoms with Crippen molar-refractivity contribution in [2.24, 2.45) is 0 Å². The first-order valence-electron chi connectivity index (χ1n) is 8.26. The predicted molar refractivity (Wildman–Crippen MR) is 89.2 cm³/mol. The molecule has 120 valence electrons. The van der Waals surface area contributed by atoms with Crippen LogP contribution in [0.3, 0.4) is 0 Å². The first-order chi connectivity index (χ1) is 10.6. The number of nitrogens with zero attached hydrogens (tertiary/aromatic N) is 1. The van der Waals surface area contributed by atoms with Gasteiger partial charge in [-0.2, -0.15) is 0 Å². The highest BCUT2D eigenvalue weighted by Crippen LogP contribution is 2.20. The van der Waals surface area contributed by atoms with E-state index in [-0.39, 0.29) is 11.7 Å². The Hall–Kier alpha value is -1.84. The highest BCUT2D eigenvalue weighted by Gasteiger charge is 2.24. The molecule has 0 radical (unpaired) electrons. The lowest BCUT2D eigenvalue weighted by Gasteiger charge is -2.35. The van der Waals surface area contributed by atoms with Crippen LogP contribution in [0.4, 0.5) is 5.69 Å². The smallest absolute Gasteiger partial charge is 0.224 e. The van der Waals surface area contributed by atoms with Crippen molar-refractivity contribution in [3.8, 4) is 0 Å². The number of Topliss-reactive ketones (excluding diaryl/α,β-unsaturated/α-hetero) is 1. The van der Waals surface area contributed by atoms with Gasteiger partial charge < -0.3 is 10.2 Å². The second kappa shape index (κ2) is 7.97. The maximum Gasteiger partial charge on any atom is 0.224 e. The van der Waals surface area contributed by atoms with E-state index in [2.05, 4.69) is 17.1 Å². The first-order valence-corrected chi connectivity index (χ1v) is 8.26. The summed E-state index contributed by atoms with van der Waals surface area (Å²) >= 11 is 0. The number of likely N-dealkylation sites (tertiary alicyclic amines) is 1. The molecule has 4 nitrogen and oxygen atoms in total. The van der Waals surface area contributed by atoms with E-state index in [0.29, 0.717) is 24.6 Å². The molecule has 1 atom stereocenters. The Balaban J connectivity index is 1.84. The number of hydrogen-bond donors (Lipinski definition) is 1. The fourth-order valence-electron chi connectivity index (χ4n) is 3.06. The number of carbonyl (C=O) groups excluding carboxylic acids is 2. The number of ketones is 1. The van der Waals surface area contributed by atoms with Gasteiger partial charge in [0.15, 0.2) is 5.78 Å². The minimum Gasteiger partial charge on any atom is -0.385 e. The van der Waals surface area contributed by atoms with Crippen LogP contribution in [0.1, 0.15) is 56.3 Å². The van der Waals surface area contributed by atoms with Crippen molar-refractivity contribution in [3.63, 3.8) is 0 Å². The van der Waals surface area contributed by atoms with Gasteiger partial charge in [-0.1, -0.05) is 19.1 Å². The van der Waals surface area contributed by atoms with Gasteiger partial charge >= 0.3 is 0 Å². The first kappa shape index (κ1) is 16.5. The largest absolute Gasteiger partial charge is 0.385 e. The number of amides is 1. The van der Waals surface area contributed by atoms with Crippen molar-refractivity contribution in [1.29, 1.82) is 0 Å². The zero-order chi connectivity index (χ0) is 15.9. The van der Waals surface area contributed by atoms with Crippen LogP contribution in [0, 0.1) is 0 Å². The summed E-state index contributed by atoms with van der Waals surface area (Å²) in [6.45, 7) is 5.22. The third-order valence-electron chi connectivity index (χ3n) is 4.36. The van der Waals surface area contributed by atoms with Crippen LogP contribution in [-0.4, -0.2) is 35.7 Å². The quantitative estimate of drug-likeness (QED) is 0.818. The Kier molecular flexibility index (Phi) is 5.99. The molecular weight excluding hydrogens is 276 g/mol. The van der Waals surface area contributed by atoms with E-state index in [1.807, 2.05) is 18.2 Å². The van der Waals surface area contributed by atoms with Crippen LogP contribution >= 0.6 is 0 Å². The molecule has 0 aromatic heterocycles. The van der Waals surface area contributed by atoms with E-state index in [1.165, 1.54) is 6.42 Å². The van der Waals surface area contributed by atoms with Gasteiger partial charge in [-0.15, -0.1) is 0 Å². The molecule has 22 heavy (non-hydrogen) atoms. The zero-order valence-electron chi connectivity index (χ0n) is 13.6. The summed E-state index contributed by atoms with van der Waals surface area (Å²) in [4.78, 5) is 25.8. The van der Waals surface area contributed by atoms with Crippen LogP contribution in [-0.2, 0) is 4.79 Å². The molecule has 0 spiro atoms. The second-order valence-electron chi connectivity index (χ2n) is 5.96. The highest BCUT2D eigenvalue weighted by atomic mass is 16.2. The highest BCUT2D eigenvalue weighted by molar-refractivity contribution is 5.94. The molecule has 1 aromatic rings. The molecule has 0 bridgehead atoms. The topological polar surface area (TPSA) is 49.4 Å². The van der Waals surface area contributed by atoms with Crippen LogP contribution in [0.25, 0.3) is 0 Å². The number of carbonyl (C=O) groups is 2. The van der Waals surface area contributed by atoms with Gasteiger partial charge in [0.25, 0.3) is 0 Å². The molecule has 1 aliphatic rings. The molecule has 4 heteroatoms. The van der Waals surface area contributed by atoms with Gasteiger partial charge in [0.2, 0.25) is 5.91 Å². The molecule has 1 fully saturated rings. The Morgan fingerprint density at radius 3 is 2.86 bits per heavy atom. The van der Waals surface area contributed by atoms with Gasteiger partial charge in [0.05, 0.1) is 0 Å². The normalized spacial score (nSPS) is 18.1. The summed E-state index contributed by atoms with van der Waals surface area (Å²) in [6, 6.07) is 7.84. The Bertz CT molecular complexity index is 528. The molecule has 1 aliphatic heterocycles. The molecule has 1 aromatic carbocycles. The van der Waals surface area contributed by atoms with Gasteiger partial charge in [0, 0.05) is 36.8 Å². The van der Waals surface area contributed by atoms with E-state index in [1.54, 1.807) is 13.0 Å². The third kappa shape index (κ3) is 4.33. The standard InChI is InChI=1S/C18H26N2O2/c1-3-17-9-4-5-12-20(17)18(22)10-11-19-16-8-6-7-15(13-16)14(2)21/h6-8,13,17,19H,3-5,9-12H2,1-2H3. The number of hydrogen-bond acceptors (Lipinski definition) is 3. The minimum atomic E-state index is 0.0545. The molecule has 1 saturated heterocycles. The maximum absolute atomic E-state index is 12.4. The summed E-state index contributed by atoms with van der Waals surface area (Å²) in [5.41, 5.74) is 1.59. The van der Waals surface area contributed by atoms with E-state index >= 15 is 0 Å². The number of anilines is 1. The van der Waals surface area contributed by atoms with E-state index in [9.17, 15) is 9.59 Å². The van der Waals surface area contributed by atoms with Crippen molar-refractivity contribution in [2.75, 3.05) is 18.4 Å². The third-order valence-corrected chi connectivity index (χ3v) is 4.36. The van der Waals surface area contributed by atoms with Gasteiger partial charge in [-0.3, -0.25) is 9.59 Å². The summed E-state index contributed by atoms with van der Waals surface area (Å²) in [5, 5.41) is 3.24. The zero-order valence-corrected chi connectivity index (χ0v) is 13.6. The molecule has 1 amide bonds. The molecule has 0 aliphatic carbocycles. The monoisotopic (exact) mass is 302 g/mol. The Labute approximate surface area is 132 Å². The fourth-order valence-corrected chi connectivity index (χ4v) is 3.06. The molecule has 1 heterocycles. The molecule has 0 saturated carbocycles. The minimum absolute atomic E-state index is 0.0545. The van der Waals surface area contributed by atoms with Gasteiger partial charge in [0.1, 0.15) is 0 Å². The van der Waals surface area contributed by atoms with Crippen LogP contribution in [0.2, 0.25) is 0 Å². The van der Waals surface area contributed by atoms with E-state index in [4.69, 9.17) is 0 Å². The predicted octanol–water partition coefficient (Wildman–Crippen LogP) is 3.48. The number of benzene rings is 1. The lowest BCUT2D eigenvalue weighted by atomic mass is 9.99. The summed E-state index contributed by atoms with van der Waals surface area (Å²) in [6.07, 6.45) is 5.03. The maximum atomic E-state index is 12.4. The summed E-state index contributed by atoms with van der Waals surface area (Å²) < 4.78 is 0. The van der Waals surface area contributed by atoms with Crippen molar-refractivity contribution >= 4 is 17.4 Å². The van der Waals surface area contributed by atoms with Crippen molar-refractivity contribution < 1.29 is 9.59 Å². The van der Waals surface area contributed by atoms with Crippen LogP contribution in [0.15, 0.2) is 24.3 Å². The van der Waals surface area contributed by atoms with E-state index < -0.39 is 0 Å². The van der Waals surface area contributed by atoms with Gasteiger partial charge in [-0.25, -0.2) is 0 Å². The van der Waals surface area contributed by atoms with Crippen molar-refractivity contribution in [1.82, 2.24) is 4.90 Å². The fraction of sp³-hybridized carbons (Fsp3) is 0.556. The SMILES string of the molecule is CCC1CCCCN1C(=O)CCNc1cccc(C(C)=O)c1. The molecule has 1 N–H and O–H groups in total. The van der Waals surface area contributed by atoms with Crippen LogP contribution < -0.4 is 5.32 Å². The van der Waals surface area contributed by atoms with Crippen LogP contribution in [0.5, 0.6) is 0 Å². The number of rotatable bonds is 6. The molecular formula is C18H26N2O2. The summed E-state index contributed by atoms with van der Waals surface area (Å²) in [7, 11) is 0. The van der Waals surface area contributed by atoms with Crippen molar-refractivity contribution in [2.45, 2.75) is 52.0 Å². The average molecular weight is 302 g/mol. The Morgan fingerprint density at radius 1 is 1.32 bits per heavy atom. The Morgan fingerprint density at radius 2 is 2.14 bits per heavy atom. The number of piperidine rings is 1. The molecule has 1 unspecified atom stereocenters. The average Bonchev–Trinajstić information content (AvgIpc) is 2.55. The number of nitrogens with one attached hydrogen (secondary N) is 1. The van der Waals surface area contributed by atoms with Gasteiger partial charge in [-0.05, 0) is 44.7 Å². The van der Waals surface area contributed by atoms with Crippen molar-refractivity contribution in [3.05, 3.63) is 29.8 Å². The lowest BCUT2D eigenvalue weighted by molar-refractivity contribution is -0.134. The lowest BCUT2D eigenvalue weighted by Crippen LogP contribution is -2.43.